The molecule has 1 aliphatic carbocycles. The first-order valence-electron chi connectivity index (χ1n) is 6.42. The van der Waals surface area contributed by atoms with Crippen LogP contribution in [0.15, 0.2) is 35.5 Å². The summed E-state index contributed by atoms with van der Waals surface area (Å²) in [6.45, 7) is 3.45. The maximum absolute atomic E-state index is 10.9. The van der Waals surface area contributed by atoms with Gasteiger partial charge in [-0.05, 0) is 36.1 Å². The summed E-state index contributed by atoms with van der Waals surface area (Å²) in [6, 6.07) is 10.7. The number of hydrogen-bond acceptors (Lipinski definition) is 3. The molecule has 96 valence electrons. The van der Waals surface area contributed by atoms with Gasteiger partial charge < -0.3 is 4.84 Å². The lowest BCUT2D eigenvalue weighted by Crippen LogP contribution is -2.00. The molecule has 0 amide bonds. The monoisotopic (exact) mass is 253 g/mol. The Morgan fingerprint density at radius 2 is 2.05 bits per heavy atom. The molecule has 19 heavy (non-hydrogen) atoms. The number of rotatable bonds is 1. The van der Waals surface area contributed by atoms with E-state index in [1.165, 1.54) is 28.8 Å². The average Bonchev–Trinajstić information content (AvgIpc) is 2.79. The third kappa shape index (κ3) is 2.12. The topological polar surface area (TPSA) is 38.7 Å². The zero-order valence-electron chi connectivity index (χ0n) is 11.1. The quantitative estimate of drug-likeness (QED) is 0.577. The Morgan fingerprint density at radius 3 is 2.84 bits per heavy atom. The van der Waals surface area contributed by atoms with E-state index in [1.807, 2.05) is 0 Å². The molecule has 3 nitrogen and oxygen atoms in total. The number of oxime groups is 1. The summed E-state index contributed by atoms with van der Waals surface area (Å²) in [5.41, 5.74) is 4.53. The fraction of sp³-hybridized carbons (Fsp3) is 0.250. The van der Waals surface area contributed by atoms with Crippen molar-refractivity contribution in [2.24, 2.45) is 5.16 Å². The highest BCUT2D eigenvalue weighted by Gasteiger charge is 2.21. The first-order valence-corrected chi connectivity index (χ1v) is 6.42. The highest BCUT2D eigenvalue weighted by atomic mass is 16.7. The molecular formula is C16H15NO2. The molecule has 1 aliphatic rings. The molecule has 0 fully saturated rings. The van der Waals surface area contributed by atoms with Crippen LogP contribution in [0.5, 0.6) is 0 Å². The van der Waals surface area contributed by atoms with Crippen LogP contribution < -0.4 is 0 Å². The fourth-order valence-electron chi connectivity index (χ4n) is 2.63. The largest absolute Gasteiger partial charge is 0.331 e. The normalized spacial score (nSPS) is 15.8. The molecule has 0 saturated carbocycles. The molecule has 0 radical (unpaired) electrons. The van der Waals surface area contributed by atoms with E-state index in [2.05, 4.69) is 42.4 Å². The zero-order valence-corrected chi connectivity index (χ0v) is 11.1. The van der Waals surface area contributed by atoms with Crippen LogP contribution in [0.25, 0.3) is 10.8 Å². The van der Waals surface area contributed by atoms with E-state index in [-0.39, 0.29) is 5.97 Å². The third-order valence-electron chi connectivity index (χ3n) is 3.47. The molecule has 3 rings (SSSR count). The Balaban J connectivity index is 2.17. The van der Waals surface area contributed by atoms with E-state index in [1.54, 1.807) is 0 Å². The Bertz CT molecular complexity index is 701. The molecule has 0 unspecified atom stereocenters. The molecule has 3 heteroatoms. The summed E-state index contributed by atoms with van der Waals surface area (Å²) in [5, 5.41) is 6.40. The Morgan fingerprint density at radius 1 is 1.21 bits per heavy atom. The minimum absolute atomic E-state index is 0.378. The molecule has 0 aromatic heterocycles. The van der Waals surface area contributed by atoms with E-state index in [4.69, 9.17) is 4.84 Å². The molecule has 0 atom stereocenters. The minimum atomic E-state index is -0.378. The molecule has 2 aromatic rings. The van der Waals surface area contributed by atoms with Crippen LogP contribution in [0, 0.1) is 6.92 Å². The smallest absolute Gasteiger partial charge is 0.318 e. The fourth-order valence-corrected chi connectivity index (χ4v) is 2.63. The summed E-state index contributed by atoms with van der Waals surface area (Å²) >= 11 is 0. The van der Waals surface area contributed by atoms with Crippen LogP contribution in [0.4, 0.5) is 0 Å². The maximum atomic E-state index is 10.9. The van der Waals surface area contributed by atoms with E-state index >= 15 is 0 Å². The number of nitrogens with zero attached hydrogens (tertiary/aromatic N) is 1. The summed E-state index contributed by atoms with van der Waals surface area (Å²) in [7, 11) is 0. The van der Waals surface area contributed by atoms with Gasteiger partial charge in [-0.15, -0.1) is 0 Å². The van der Waals surface area contributed by atoms with Crippen LogP contribution in [0.1, 0.15) is 30.0 Å². The van der Waals surface area contributed by atoms with Crippen molar-refractivity contribution in [1.82, 2.24) is 0 Å². The molecule has 0 aliphatic heterocycles. The minimum Gasteiger partial charge on any atom is -0.318 e. The summed E-state index contributed by atoms with van der Waals surface area (Å²) in [5.74, 6) is -0.378. The predicted molar refractivity (Wildman–Crippen MR) is 75.3 cm³/mol. The highest BCUT2D eigenvalue weighted by Crippen LogP contribution is 2.31. The molecule has 2 aromatic carbocycles. The maximum Gasteiger partial charge on any atom is 0.331 e. The molecule has 0 spiro atoms. The van der Waals surface area contributed by atoms with Gasteiger partial charge in [0.1, 0.15) is 0 Å². The van der Waals surface area contributed by atoms with Crippen LogP contribution in [-0.4, -0.2) is 11.7 Å². The van der Waals surface area contributed by atoms with Gasteiger partial charge in [0, 0.05) is 12.5 Å². The molecule has 0 N–H and O–H groups in total. The average molecular weight is 253 g/mol. The van der Waals surface area contributed by atoms with Crippen molar-refractivity contribution in [2.75, 3.05) is 0 Å². The van der Waals surface area contributed by atoms with Crippen molar-refractivity contribution in [1.29, 1.82) is 0 Å². The SMILES string of the molecule is CC(=O)O/N=C1\CCc2ccc3cc(C)ccc3c21. The number of benzene rings is 2. The second kappa shape index (κ2) is 4.50. The van der Waals surface area contributed by atoms with Gasteiger partial charge in [-0.25, -0.2) is 4.79 Å². The van der Waals surface area contributed by atoms with Crippen LogP contribution in [0.3, 0.4) is 0 Å². The summed E-state index contributed by atoms with van der Waals surface area (Å²) < 4.78 is 0. The number of carbonyl (C=O) groups is 1. The van der Waals surface area contributed by atoms with Crippen molar-refractivity contribution in [3.63, 3.8) is 0 Å². The number of hydrogen-bond donors (Lipinski definition) is 0. The van der Waals surface area contributed by atoms with Gasteiger partial charge >= 0.3 is 5.97 Å². The Hall–Kier alpha value is -2.16. The van der Waals surface area contributed by atoms with Gasteiger partial charge in [0.2, 0.25) is 0 Å². The Labute approximate surface area is 111 Å². The van der Waals surface area contributed by atoms with Gasteiger partial charge in [0.25, 0.3) is 0 Å². The summed E-state index contributed by atoms with van der Waals surface area (Å²) in [6.07, 6.45) is 1.79. The number of fused-ring (bicyclic) bond motifs is 3. The van der Waals surface area contributed by atoms with Crippen molar-refractivity contribution < 1.29 is 9.63 Å². The Kier molecular flexibility index (Phi) is 2.82. The van der Waals surface area contributed by atoms with Gasteiger partial charge in [-0.2, -0.15) is 0 Å². The van der Waals surface area contributed by atoms with Gasteiger partial charge in [-0.3, -0.25) is 0 Å². The lowest BCUT2D eigenvalue weighted by molar-refractivity contribution is -0.140. The zero-order chi connectivity index (χ0) is 13.4. The highest BCUT2D eigenvalue weighted by molar-refractivity contribution is 6.14. The van der Waals surface area contributed by atoms with Crippen molar-refractivity contribution in [3.8, 4) is 0 Å². The van der Waals surface area contributed by atoms with Crippen molar-refractivity contribution in [3.05, 3.63) is 47.0 Å². The number of carbonyl (C=O) groups excluding carboxylic acids is 1. The lowest BCUT2D eigenvalue weighted by Gasteiger charge is -2.07. The standard InChI is InChI=1S/C16H15NO2/c1-10-3-7-14-13(9-10)5-4-12-6-8-15(16(12)14)17-19-11(2)18/h3-5,7,9H,6,8H2,1-2H3/b17-15+. The van der Waals surface area contributed by atoms with Crippen molar-refractivity contribution in [2.45, 2.75) is 26.7 Å². The van der Waals surface area contributed by atoms with Gasteiger partial charge in [0.15, 0.2) is 0 Å². The molecule has 0 bridgehead atoms. The van der Waals surface area contributed by atoms with Crippen LogP contribution in [0.2, 0.25) is 0 Å². The van der Waals surface area contributed by atoms with E-state index in [0.29, 0.717) is 0 Å². The molecule has 0 heterocycles. The second-order valence-electron chi connectivity index (χ2n) is 4.95. The predicted octanol–water partition coefficient (Wildman–Crippen LogP) is 3.36. The first-order chi connectivity index (χ1) is 9.15. The van der Waals surface area contributed by atoms with E-state index in [0.717, 1.165) is 24.1 Å². The van der Waals surface area contributed by atoms with Crippen molar-refractivity contribution >= 4 is 22.5 Å². The van der Waals surface area contributed by atoms with Crippen LogP contribution in [-0.2, 0) is 16.1 Å². The first kappa shape index (κ1) is 11.9. The molecule has 0 saturated heterocycles. The summed E-state index contributed by atoms with van der Waals surface area (Å²) in [4.78, 5) is 15.7. The lowest BCUT2D eigenvalue weighted by atomic mass is 9.99. The second-order valence-corrected chi connectivity index (χ2v) is 4.95. The molecular weight excluding hydrogens is 238 g/mol. The number of aryl methyl sites for hydroxylation is 2. The third-order valence-corrected chi connectivity index (χ3v) is 3.47. The van der Waals surface area contributed by atoms with E-state index < -0.39 is 0 Å². The van der Waals surface area contributed by atoms with Gasteiger partial charge in [0.05, 0.1) is 5.71 Å². The van der Waals surface area contributed by atoms with Gasteiger partial charge in [-0.1, -0.05) is 41.1 Å². The van der Waals surface area contributed by atoms with Crippen LogP contribution >= 0.6 is 0 Å². The van der Waals surface area contributed by atoms with E-state index in [9.17, 15) is 4.79 Å².